The smallest absolute Gasteiger partial charge is 0.243 e. The predicted octanol–water partition coefficient (Wildman–Crippen LogP) is 3.10. The summed E-state index contributed by atoms with van der Waals surface area (Å²) < 4.78 is 61.0. The van der Waals surface area contributed by atoms with Crippen molar-refractivity contribution in [2.24, 2.45) is 0 Å². The van der Waals surface area contributed by atoms with Crippen LogP contribution in [-0.4, -0.2) is 50.5 Å². The van der Waals surface area contributed by atoms with E-state index in [0.717, 1.165) is 0 Å². The minimum Gasteiger partial charge on any atom is -0.383 e. The average Bonchev–Trinajstić information content (AvgIpc) is 3.20. The first-order valence-electron chi connectivity index (χ1n) is 10.5. The molecule has 1 aromatic heterocycles. The van der Waals surface area contributed by atoms with Gasteiger partial charge in [-0.05, 0) is 31.5 Å². The SMILES string of the molecule is COCCn1c(CN(C(C)C)S(=O)(=O)c2ccccc2)cnc1S(=O)(=O)Cc1ccccc1. The molecule has 178 valence electrons. The van der Waals surface area contributed by atoms with E-state index in [4.69, 9.17) is 4.74 Å². The van der Waals surface area contributed by atoms with Gasteiger partial charge in [0.2, 0.25) is 25.0 Å². The van der Waals surface area contributed by atoms with Gasteiger partial charge in [-0.15, -0.1) is 0 Å². The van der Waals surface area contributed by atoms with Gasteiger partial charge in [0, 0.05) is 19.7 Å². The number of benzene rings is 2. The van der Waals surface area contributed by atoms with E-state index < -0.39 is 19.9 Å². The quantitative estimate of drug-likeness (QED) is 0.409. The first-order chi connectivity index (χ1) is 15.7. The summed E-state index contributed by atoms with van der Waals surface area (Å²) in [6.45, 7) is 4.02. The molecule has 8 nitrogen and oxygen atoms in total. The Morgan fingerprint density at radius 2 is 1.58 bits per heavy atom. The molecule has 10 heteroatoms. The van der Waals surface area contributed by atoms with E-state index in [9.17, 15) is 16.8 Å². The Labute approximate surface area is 195 Å². The van der Waals surface area contributed by atoms with E-state index >= 15 is 0 Å². The second-order valence-electron chi connectivity index (χ2n) is 7.88. The summed E-state index contributed by atoms with van der Waals surface area (Å²) in [5.74, 6) is -0.201. The highest BCUT2D eigenvalue weighted by atomic mass is 32.2. The van der Waals surface area contributed by atoms with E-state index in [2.05, 4.69) is 4.98 Å². The van der Waals surface area contributed by atoms with Gasteiger partial charge in [0.1, 0.15) is 0 Å². The van der Waals surface area contributed by atoms with Crippen molar-refractivity contribution in [3.8, 4) is 0 Å². The van der Waals surface area contributed by atoms with Gasteiger partial charge in [0.25, 0.3) is 0 Å². The van der Waals surface area contributed by atoms with Crippen LogP contribution in [0.5, 0.6) is 0 Å². The van der Waals surface area contributed by atoms with Crippen LogP contribution in [0.1, 0.15) is 25.1 Å². The van der Waals surface area contributed by atoms with Crippen molar-refractivity contribution in [2.45, 2.75) is 48.8 Å². The monoisotopic (exact) mass is 491 g/mol. The van der Waals surface area contributed by atoms with Gasteiger partial charge in [-0.1, -0.05) is 48.5 Å². The Hall–Kier alpha value is -2.53. The van der Waals surface area contributed by atoms with Crippen molar-refractivity contribution in [1.82, 2.24) is 13.9 Å². The second kappa shape index (κ2) is 10.6. The molecule has 0 aliphatic rings. The third-order valence-corrected chi connectivity index (χ3v) is 8.77. The first kappa shape index (κ1) is 25.1. The Bertz CT molecular complexity index is 1260. The highest BCUT2D eigenvalue weighted by Gasteiger charge is 2.30. The van der Waals surface area contributed by atoms with Crippen LogP contribution >= 0.6 is 0 Å². The van der Waals surface area contributed by atoms with Gasteiger partial charge < -0.3 is 9.30 Å². The number of sulfone groups is 1. The van der Waals surface area contributed by atoms with Gasteiger partial charge >= 0.3 is 0 Å². The van der Waals surface area contributed by atoms with Crippen LogP contribution in [0.25, 0.3) is 0 Å². The third-order valence-electron chi connectivity index (χ3n) is 5.14. The van der Waals surface area contributed by atoms with Crippen molar-refractivity contribution in [2.75, 3.05) is 13.7 Å². The summed E-state index contributed by atoms with van der Waals surface area (Å²) in [5, 5.41) is -0.0979. The van der Waals surface area contributed by atoms with Crippen molar-refractivity contribution >= 4 is 19.9 Å². The zero-order valence-corrected chi connectivity index (χ0v) is 20.6. The van der Waals surface area contributed by atoms with Crippen LogP contribution in [-0.2, 0) is 43.4 Å². The fourth-order valence-electron chi connectivity index (χ4n) is 3.48. The third kappa shape index (κ3) is 5.89. The molecule has 0 saturated carbocycles. The number of rotatable bonds is 11. The fraction of sp³-hybridized carbons (Fsp3) is 0.348. The highest BCUT2D eigenvalue weighted by Crippen LogP contribution is 2.23. The van der Waals surface area contributed by atoms with Crippen LogP contribution in [0, 0.1) is 0 Å². The number of methoxy groups -OCH3 is 1. The van der Waals surface area contributed by atoms with Crippen LogP contribution in [0.15, 0.2) is 76.9 Å². The van der Waals surface area contributed by atoms with Crippen LogP contribution in [0.4, 0.5) is 0 Å². The molecule has 0 N–H and O–H groups in total. The standard InChI is InChI=1S/C23H29N3O5S2/c1-19(2)26(33(29,30)22-12-8-5-9-13-22)17-21-16-24-23(25(21)14-15-31-3)32(27,28)18-20-10-6-4-7-11-20/h4-13,16,19H,14-15,17-18H2,1-3H3. The molecule has 0 bridgehead atoms. The van der Waals surface area contributed by atoms with Crippen LogP contribution in [0.2, 0.25) is 0 Å². The molecule has 0 spiro atoms. The largest absolute Gasteiger partial charge is 0.383 e. The van der Waals surface area contributed by atoms with Crippen molar-refractivity contribution in [3.63, 3.8) is 0 Å². The normalized spacial score (nSPS) is 12.5. The Kier molecular flexibility index (Phi) is 8.06. The zero-order valence-electron chi connectivity index (χ0n) is 19.0. The molecule has 0 saturated heterocycles. The number of nitrogens with zero attached hydrogens (tertiary/aromatic N) is 3. The van der Waals surface area contributed by atoms with Gasteiger partial charge in [0.05, 0.1) is 35.7 Å². The molecular formula is C23H29N3O5S2. The van der Waals surface area contributed by atoms with Crippen LogP contribution in [0.3, 0.4) is 0 Å². The lowest BCUT2D eigenvalue weighted by molar-refractivity contribution is 0.182. The maximum Gasteiger partial charge on any atom is 0.243 e. The first-order valence-corrected chi connectivity index (χ1v) is 13.6. The lowest BCUT2D eigenvalue weighted by Gasteiger charge is -2.26. The van der Waals surface area contributed by atoms with E-state index in [-0.39, 0.29) is 41.5 Å². The minimum atomic E-state index is -3.80. The lowest BCUT2D eigenvalue weighted by Crippen LogP contribution is -2.37. The Morgan fingerprint density at radius 1 is 0.970 bits per heavy atom. The molecule has 3 aromatic rings. The van der Waals surface area contributed by atoms with E-state index in [1.165, 1.54) is 22.2 Å². The van der Waals surface area contributed by atoms with Crippen molar-refractivity contribution in [3.05, 3.63) is 78.1 Å². The van der Waals surface area contributed by atoms with Crippen LogP contribution < -0.4 is 0 Å². The molecule has 0 aliphatic carbocycles. The molecular weight excluding hydrogens is 462 g/mol. The van der Waals surface area contributed by atoms with E-state index in [1.807, 2.05) is 6.07 Å². The van der Waals surface area contributed by atoms with Crippen molar-refractivity contribution < 1.29 is 21.6 Å². The topological polar surface area (TPSA) is 98.6 Å². The molecule has 0 fully saturated rings. The average molecular weight is 492 g/mol. The number of hydrogen-bond acceptors (Lipinski definition) is 6. The molecule has 2 aromatic carbocycles. The number of sulfonamides is 1. The van der Waals surface area contributed by atoms with Gasteiger partial charge in [-0.25, -0.2) is 21.8 Å². The summed E-state index contributed by atoms with van der Waals surface area (Å²) in [7, 11) is -6.05. The van der Waals surface area contributed by atoms with E-state index in [1.54, 1.807) is 68.4 Å². The summed E-state index contributed by atoms with van der Waals surface area (Å²) >= 11 is 0. The zero-order chi connectivity index (χ0) is 24.1. The Balaban J connectivity index is 1.99. The summed E-state index contributed by atoms with van der Waals surface area (Å²) in [4.78, 5) is 4.38. The van der Waals surface area contributed by atoms with Gasteiger partial charge in [-0.2, -0.15) is 4.31 Å². The summed E-state index contributed by atoms with van der Waals surface area (Å²) in [5.41, 5.74) is 1.13. The fourth-order valence-corrected chi connectivity index (χ4v) is 6.63. The minimum absolute atomic E-state index is 0.0214. The van der Waals surface area contributed by atoms with Gasteiger partial charge in [0.15, 0.2) is 0 Å². The maximum atomic E-state index is 13.3. The molecule has 0 unspecified atom stereocenters. The number of ether oxygens (including phenoxy) is 1. The van der Waals surface area contributed by atoms with E-state index in [0.29, 0.717) is 11.3 Å². The molecule has 0 aliphatic heterocycles. The number of imidazole rings is 1. The molecule has 3 rings (SSSR count). The summed E-state index contributed by atoms with van der Waals surface area (Å²) in [6, 6.07) is 16.7. The maximum absolute atomic E-state index is 13.3. The summed E-state index contributed by atoms with van der Waals surface area (Å²) in [6.07, 6.45) is 1.43. The van der Waals surface area contributed by atoms with Gasteiger partial charge in [-0.3, -0.25) is 0 Å². The molecule has 0 amide bonds. The lowest BCUT2D eigenvalue weighted by atomic mass is 10.2. The molecule has 33 heavy (non-hydrogen) atoms. The second-order valence-corrected chi connectivity index (χ2v) is 11.7. The predicted molar refractivity (Wildman–Crippen MR) is 126 cm³/mol. The Morgan fingerprint density at radius 3 is 2.15 bits per heavy atom. The number of hydrogen-bond donors (Lipinski definition) is 0. The molecule has 0 radical (unpaired) electrons. The molecule has 0 atom stereocenters. The number of aromatic nitrogens is 2. The molecule has 1 heterocycles. The van der Waals surface area contributed by atoms with Crippen molar-refractivity contribution in [1.29, 1.82) is 0 Å². The highest BCUT2D eigenvalue weighted by molar-refractivity contribution is 7.90.